The lowest BCUT2D eigenvalue weighted by Gasteiger charge is -2.17. The van der Waals surface area contributed by atoms with Gasteiger partial charge in [-0.15, -0.1) is 11.3 Å². The zero-order valence-corrected chi connectivity index (χ0v) is 12.3. The van der Waals surface area contributed by atoms with Gasteiger partial charge in [0, 0.05) is 15.9 Å². The first-order valence-corrected chi connectivity index (χ1v) is 7.41. The van der Waals surface area contributed by atoms with Crippen LogP contribution >= 0.6 is 22.9 Å². The summed E-state index contributed by atoms with van der Waals surface area (Å²) in [6, 6.07) is 10.9. The van der Waals surface area contributed by atoms with Crippen LogP contribution in [0.3, 0.4) is 0 Å². The molecule has 0 aliphatic carbocycles. The van der Waals surface area contributed by atoms with E-state index in [-0.39, 0.29) is 0 Å². The average molecular weight is 280 g/mol. The molecule has 1 aromatic heterocycles. The minimum absolute atomic E-state index is 0.365. The predicted molar refractivity (Wildman–Crippen MR) is 80.6 cm³/mol. The molecule has 0 aliphatic rings. The number of hydrogen-bond donors (Lipinski definition) is 1. The van der Waals surface area contributed by atoms with Gasteiger partial charge >= 0.3 is 0 Å². The summed E-state index contributed by atoms with van der Waals surface area (Å²) in [6.07, 6.45) is 2.20. The Labute approximate surface area is 118 Å². The molecule has 3 heteroatoms. The van der Waals surface area contributed by atoms with Crippen molar-refractivity contribution < 1.29 is 0 Å². The molecule has 0 fully saturated rings. The van der Waals surface area contributed by atoms with Crippen LogP contribution in [-0.4, -0.2) is 7.05 Å². The molecular weight excluding hydrogens is 262 g/mol. The minimum Gasteiger partial charge on any atom is -0.313 e. The third-order valence-electron chi connectivity index (χ3n) is 3.07. The van der Waals surface area contributed by atoms with Crippen molar-refractivity contribution >= 4 is 22.9 Å². The summed E-state index contributed by atoms with van der Waals surface area (Å²) < 4.78 is 0. The van der Waals surface area contributed by atoms with E-state index in [4.69, 9.17) is 11.6 Å². The summed E-state index contributed by atoms with van der Waals surface area (Å²) in [5, 5.41) is 6.33. The molecule has 0 amide bonds. The fourth-order valence-electron chi connectivity index (χ4n) is 2.18. The molecule has 0 radical (unpaired) electrons. The van der Waals surface area contributed by atoms with Crippen molar-refractivity contribution in [2.24, 2.45) is 0 Å². The van der Waals surface area contributed by atoms with Gasteiger partial charge in [0.05, 0.1) is 0 Å². The maximum atomic E-state index is 6.13. The first-order valence-electron chi connectivity index (χ1n) is 6.16. The third-order valence-corrected chi connectivity index (χ3v) is 4.23. The molecule has 0 spiro atoms. The van der Waals surface area contributed by atoms with Gasteiger partial charge in [-0.25, -0.2) is 0 Å². The highest BCUT2D eigenvalue weighted by molar-refractivity contribution is 7.09. The van der Waals surface area contributed by atoms with Crippen molar-refractivity contribution in [1.82, 2.24) is 5.32 Å². The van der Waals surface area contributed by atoms with Gasteiger partial charge in [0.2, 0.25) is 0 Å². The number of rotatable bonds is 5. The monoisotopic (exact) mass is 279 g/mol. The molecule has 1 aromatic carbocycles. The largest absolute Gasteiger partial charge is 0.313 e. The third kappa shape index (κ3) is 3.58. The normalized spacial score (nSPS) is 12.6. The van der Waals surface area contributed by atoms with Crippen LogP contribution in [-0.2, 0) is 6.42 Å². The number of benzene rings is 1. The summed E-state index contributed by atoms with van der Waals surface area (Å²) in [5.41, 5.74) is 2.49. The Hall–Kier alpha value is -0.830. The molecule has 1 atom stereocenters. The lowest BCUT2D eigenvalue weighted by atomic mass is 10.00. The number of halogens is 1. The van der Waals surface area contributed by atoms with Gasteiger partial charge in [0.25, 0.3) is 0 Å². The van der Waals surface area contributed by atoms with Crippen molar-refractivity contribution in [3.8, 4) is 0 Å². The van der Waals surface area contributed by atoms with E-state index in [1.807, 2.05) is 24.5 Å². The molecule has 1 heterocycles. The van der Waals surface area contributed by atoms with Gasteiger partial charge in [-0.2, -0.15) is 0 Å². The van der Waals surface area contributed by atoms with Crippen LogP contribution in [0.25, 0.3) is 0 Å². The number of aryl methyl sites for hydroxylation is 2. The fourth-order valence-corrected chi connectivity index (χ4v) is 3.21. The fraction of sp³-hybridized carbons (Fsp3) is 0.333. The standard InChI is InChI=1S/C15H18ClNS/c1-11-8-12(10-13(16)9-11)15(17-2)6-5-14-4-3-7-18-14/h3-4,7-10,15,17H,5-6H2,1-2H3. The van der Waals surface area contributed by atoms with Gasteiger partial charge in [-0.3, -0.25) is 0 Å². The highest BCUT2D eigenvalue weighted by atomic mass is 35.5. The zero-order chi connectivity index (χ0) is 13.0. The maximum Gasteiger partial charge on any atom is 0.0411 e. The Morgan fingerprint density at radius 3 is 2.78 bits per heavy atom. The molecule has 2 rings (SSSR count). The summed E-state index contributed by atoms with van der Waals surface area (Å²) in [6.45, 7) is 2.08. The van der Waals surface area contributed by atoms with Crippen LogP contribution < -0.4 is 5.32 Å². The van der Waals surface area contributed by atoms with E-state index in [9.17, 15) is 0 Å². The van der Waals surface area contributed by atoms with Gasteiger partial charge in [-0.05, 0) is 61.5 Å². The molecular formula is C15H18ClNS. The van der Waals surface area contributed by atoms with Crippen LogP contribution in [0.2, 0.25) is 5.02 Å². The van der Waals surface area contributed by atoms with Crippen molar-refractivity contribution in [2.75, 3.05) is 7.05 Å². The van der Waals surface area contributed by atoms with E-state index in [1.165, 1.54) is 16.0 Å². The molecule has 1 N–H and O–H groups in total. The van der Waals surface area contributed by atoms with Gasteiger partial charge in [-0.1, -0.05) is 23.7 Å². The van der Waals surface area contributed by atoms with E-state index >= 15 is 0 Å². The molecule has 0 saturated carbocycles. The van der Waals surface area contributed by atoms with Crippen molar-refractivity contribution in [3.05, 3.63) is 56.7 Å². The van der Waals surface area contributed by atoms with E-state index in [1.54, 1.807) is 0 Å². The lowest BCUT2D eigenvalue weighted by Crippen LogP contribution is -2.17. The predicted octanol–water partition coefficient (Wildman–Crippen LogP) is 4.60. The molecule has 1 nitrogen and oxygen atoms in total. The SMILES string of the molecule is CNC(CCc1cccs1)c1cc(C)cc(Cl)c1. The molecule has 0 bridgehead atoms. The van der Waals surface area contributed by atoms with Crippen LogP contribution in [0.1, 0.15) is 28.5 Å². The summed E-state index contributed by atoms with van der Waals surface area (Å²) in [4.78, 5) is 1.44. The van der Waals surface area contributed by atoms with Crippen LogP contribution in [0.5, 0.6) is 0 Å². The summed E-state index contributed by atoms with van der Waals surface area (Å²) >= 11 is 7.95. The lowest BCUT2D eigenvalue weighted by molar-refractivity contribution is 0.551. The van der Waals surface area contributed by atoms with Crippen molar-refractivity contribution in [2.45, 2.75) is 25.8 Å². The van der Waals surface area contributed by atoms with E-state index in [0.29, 0.717) is 6.04 Å². The van der Waals surface area contributed by atoms with E-state index in [2.05, 4.69) is 41.9 Å². The number of thiophene rings is 1. The second-order valence-electron chi connectivity index (χ2n) is 4.52. The maximum absolute atomic E-state index is 6.13. The van der Waals surface area contributed by atoms with Crippen LogP contribution in [0.4, 0.5) is 0 Å². The second kappa shape index (κ2) is 6.37. The Kier molecular flexibility index (Phi) is 4.81. The minimum atomic E-state index is 0.365. The molecule has 1 unspecified atom stereocenters. The molecule has 0 aliphatic heterocycles. The quantitative estimate of drug-likeness (QED) is 0.843. The second-order valence-corrected chi connectivity index (χ2v) is 5.99. The highest BCUT2D eigenvalue weighted by Crippen LogP contribution is 2.24. The van der Waals surface area contributed by atoms with E-state index < -0.39 is 0 Å². The Bertz CT molecular complexity index is 473. The summed E-state index contributed by atoms with van der Waals surface area (Å²) in [7, 11) is 2.01. The van der Waals surface area contributed by atoms with Gasteiger partial charge in [0.15, 0.2) is 0 Å². The van der Waals surface area contributed by atoms with Crippen molar-refractivity contribution in [3.63, 3.8) is 0 Å². The Morgan fingerprint density at radius 1 is 1.33 bits per heavy atom. The van der Waals surface area contributed by atoms with E-state index in [0.717, 1.165) is 17.9 Å². The van der Waals surface area contributed by atoms with Gasteiger partial charge in [0.1, 0.15) is 0 Å². The summed E-state index contributed by atoms with van der Waals surface area (Å²) in [5.74, 6) is 0. The molecule has 2 aromatic rings. The average Bonchev–Trinajstić information content (AvgIpc) is 2.81. The topological polar surface area (TPSA) is 12.0 Å². The Balaban J connectivity index is 2.07. The number of hydrogen-bond acceptors (Lipinski definition) is 2. The van der Waals surface area contributed by atoms with Crippen molar-refractivity contribution in [1.29, 1.82) is 0 Å². The van der Waals surface area contributed by atoms with Gasteiger partial charge < -0.3 is 5.32 Å². The Morgan fingerprint density at radius 2 is 2.17 bits per heavy atom. The van der Waals surface area contributed by atoms with Crippen LogP contribution in [0, 0.1) is 6.92 Å². The first kappa shape index (κ1) is 13.6. The number of nitrogens with one attached hydrogen (secondary N) is 1. The van der Waals surface area contributed by atoms with Crippen LogP contribution in [0.15, 0.2) is 35.7 Å². The molecule has 18 heavy (non-hydrogen) atoms. The zero-order valence-electron chi connectivity index (χ0n) is 10.7. The molecule has 96 valence electrons. The smallest absolute Gasteiger partial charge is 0.0411 e. The highest BCUT2D eigenvalue weighted by Gasteiger charge is 2.10. The molecule has 0 saturated heterocycles. The first-order chi connectivity index (χ1) is 8.69.